The maximum Gasteiger partial charge on any atom is 0.249 e. The van der Waals surface area contributed by atoms with Gasteiger partial charge in [-0.2, -0.15) is 0 Å². The molecule has 0 saturated carbocycles. The number of likely N-dealkylation sites (tertiary alicyclic amines) is 1. The second-order valence-corrected chi connectivity index (χ2v) is 7.19. The molecule has 1 fully saturated rings. The number of rotatable bonds is 7. The van der Waals surface area contributed by atoms with Crippen molar-refractivity contribution < 1.29 is 14.3 Å². The summed E-state index contributed by atoms with van der Waals surface area (Å²) >= 11 is 1.38. The molecule has 138 valence electrons. The molecule has 1 N–H and O–H groups in total. The van der Waals surface area contributed by atoms with Gasteiger partial charge in [-0.3, -0.25) is 14.9 Å². The molecule has 1 aromatic heterocycles. The SMILES string of the molecule is CCCc1nnc(NC(=O)[C@@H]2CCC(=O)N2Cc2ccccc2OC)s1. The molecule has 0 radical (unpaired) electrons. The lowest BCUT2D eigenvalue weighted by molar-refractivity contribution is -0.133. The van der Waals surface area contributed by atoms with Crippen molar-refractivity contribution in [3.05, 3.63) is 34.8 Å². The average molecular weight is 374 g/mol. The Morgan fingerprint density at radius 3 is 2.96 bits per heavy atom. The van der Waals surface area contributed by atoms with Crippen LogP contribution in [0.1, 0.15) is 36.8 Å². The fourth-order valence-corrected chi connectivity index (χ4v) is 3.87. The lowest BCUT2D eigenvalue weighted by atomic mass is 10.1. The van der Waals surface area contributed by atoms with Gasteiger partial charge in [-0.1, -0.05) is 36.5 Å². The zero-order valence-corrected chi connectivity index (χ0v) is 15.7. The maximum absolute atomic E-state index is 12.7. The Hall–Kier alpha value is -2.48. The number of carbonyl (C=O) groups excluding carboxylic acids is 2. The Balaban J connectivity index is 1.71. The molecule has 2 aromatic rings. The second kappa shape index (κ2) is 8.27. The van der Waals surface area contributed by atoms with Crippen LogP contribution in [0.3, 0.4) is 0 Å². The molecule has 2 heterocycles. The van der Waals surface area contributed by atoms with Crippen molar-refractivity contribution in [2.24, 2.45) is 0 Å². The summed E-state index contributed by atoms with van der Waals surface area (Å²) in [6, 6.07) is 7.01. The fraction of sp³-hybridized carbons (Fsp3) is 0.444. The summed E-state index contributed by atoms with van der Waals surface area (Å²) < 4.78 is 5.35. The Kier molecular flexibility index (Phi) is 5.82. The molecule has 1 aromatic carbocycles. The number of anilines is 1. The van der Waals surface area contributed by atoms with E-state index in [9.17, 15) is 9.59 Å². The minimum Gasteiger partial charge on any atom is -0.496 e. The van der Waals surface area contributed by atoms with E-state index in [-0.39, 0.29) is 11.8 Å². The van der Waals surface area contributed by atoms with Gasteiger partial charge in [0.1, 0.15) is 16.8 Å². The maximum atomic E-state index is 12.7. The second-order valence-electron chi connectivity index (χ2n) is 6.13. The molecule has 0 bridgehead atoms. The van der Waals surface area contributed by atoms with Gasteiger partial charge in [0, 0.05) is 18.4 Å². The monoisotopic (exact) mass is 374 g/mol. The highest BCUT2D eigenvalue weighted by Gasteiger charge is 2.36. The molecule has 0 spiro atoms. The van der Waals surface area contributed by atoms with Gasteiger partial charge in [-0.15, -0.1) is 10.2 Å². The molecule has 1 saturated heterocycles. The number of hydrogen-bond acceptors (Lipinski definition) is 6. The number of aromatic nitrogens is 2. The summed E-state index contributed by atoms with van der Waals surface area (Å²) in [5.41, 5.74) is 0.879. The highest BCUT2D eigenvalue weighted by atomic mass is 32.1. The first kappa shape index (κ1) is 18.3. The average Bonchev–Trinajstić information content (AvgIpc) is 3.23. The summed E-state index contributed by atoms with van der Waals surface area (Å²) in [6.07, 6.45) is 2.69. The number of amides is 2. The van der Waals surface area contributed by atoms with Crippen molar-refractivity contribution in [3.63, 3.8) is 0 Å². The predicted octanol–water partition coefficient (Wildman–Crippen LogP) is 2.63. The largest absolute Gasteiger partial charge is 0.496 e. The van der Waals surface area contributed by atoms with Crippen LogP contribution in [0.2, 0.25) is 0 Å². The number of para-hydroxylation sites is 1. The molecule has 2 amide bonds. The molecule has 0 unspecified atom stereocenters. The Morgan fingerprint density at radius 2 is 2.19 bits per heavy atom. The summed E-state index contributed by atoms with van der Waals surface area (Å²) in [4.78, 5) is 26.6. The fourth-order valence-electron chi connectivity index (χ4n) is 3.03. The summed E-state index contributed by atoms with van der Waals surface area (Å²) in [6.45, 7) is 2.41. The molecule has 1 aliphatic rings. The van der Waals surface area contributed by atoms with Gasteiger partial charge in [0.05, 0.1) is 13.7 Å². The first-order chi connectivity index (χ1) is 12.6. The number of benzene rings is 1. The molecular formula is C18H22N4O3S. The van der Waals surface area contributed by atoms with Gasteiger partial charge in [-0.25, -0.2) is 0 Å². The first-order valence-corrected chi connectivity index (χ1v) is 9.48. The van der Waals surface area contributed by atoms with E-state index in [2.05, 4.69) is 22.4 Å². The van der Waals surface area contributed by atoms with Crippen LogP contribution in [0.5, 0.6) is 5.75 Å². The number of nitrogens with one attached hydrogen (secondary N) is 1. The van der Waals surface area contributed by atoms with E-state index < -0.39 is 6.04 Å². The standard InChI is InChI=1S/C18H22N4O3S/c1-3-6-15-20-21-18(26-15)19-17(24)13-9-10-16(23)22(13)11-12-7-4-5-8-14(12)25-2/h4-5,7-8,13H,3,6,9-11H2,1-2H3,(H,19,21,24)/t13-/m0/s1. The topological polar surface area (TPSA) is 84.4 Å². The zero-order chi connectivity index (χ0) is 18.5. The van der Waals surface area contributed by atoms with Crippen molar-refractivity contribution >= 4 is 28.3 Å². The minimum atomic E-state index is -0.508. The lowest BCUT2D eigenvalue weighted by Crippen LogP contribution is -2.41. The van der Waals surface area contributed by atoms with Gasteiger partial charge < -0.3 is 9.64 Å². The van der Waals surface area contributed by atoms with Gasteiger partial charge >= 0.3 is 0 Å². The molecule has 1 atom stereocenters. The molecule has 1 aliphatic heterocycles. The predicted molar refractivity (Wildman–Crippen MR) is 99.1 cm³/mol. The van der Waals surface area contributed by atoms with Crippen LogP contribution in [0.4, 0.5) is 5.13 Å². The van der Waals surface area contributed by atoms with Gasteiger partial charge in [0.15, 0.2) is 0 Å². The molecule has 26 heavy (non-hydrogen) atoms. The van der Waals surface area contributed by atoms with Crippen molar-refractivity contribution in [1.29, 1.82) is 0 Å². The van der Waals surface area contributed by atoms with Crippen LogP contribution < -0.4 is 10.1 Å². The smallest absolute Gasteiger partial charge is 0.249 e. The molecule has 0 aliphatic carbocycles. The van der Waals surface area contributed by atoms with Crippen LogP contribution in [0.25, 0.3) is 0 Å². The van der Waals surface area contributed by atoms with E-state index in [4.69, 9.17) is 4.74 Å². The number of methoxy groups -OCH3 is 1. The van der Waals surface area contributed by atoms with E-state index in [0.29, 0.717) is 30.3 Å². The quantitative estimate of drug-likeness (QED) is 0.805. The normalized spacial score (nSPS) is 16.8. The van der Waals surface area contributed by atoms with E-state index in [0.717, 1.165) is 23.4 Å². The lowest BCUT2D eigenvalue weighted by Gasteiger charge is -2.24. The van der Waals surface area contributed by atoms with E-state index in [1.807, 2.05) is 24.3 Å². The molecule has 8 heteroatoms. The van der Waals surface area contributed by atoms with Crippen LogP contribution in [-0.4, -0.2) is 40.1 Å². The highest BCUT2D eigenvalue weighted by Crippen LogP contribution is 2.27. The summed E-state index contributed by atoms with van der Waals surface area (Å²) in [5, 5.41) is 12.3. The Bertz CT molecular complexity index is 792. The van der Waals surface area contributed by atoms with E-state index in [1.54, 1.807) is 12.0 Å². The van der Waals surface area contributed by atoms with Crippen molar-refractivity contribution in [2.45, 2.75) is 45.2 Å². The molecule has 3 rings (SSSR count). The third-order valence-corrected chi connectivity index (χ3v) is 5.22. The number of nitrogens with zero attached hydrogens (tertiary/aromatic N) is 3. The number of aryl methyl sites for hydroxylation is 1. The third kappa shape index (κ3) is 4.01. The van der Waals surface area contributed by atoms with Crippen LogP contribution in [-0.2, 0) is 22.6 Å². The van der Waals surface area contributed by atoms with Crippen LogP contribution >= 0.6 is 11.3 Å². The van der Waals surface area contributed by atoms with Crippen molar-refractivity contribution in [1.82, 2.24) is 15.1 Å². The molecule has 7 nitrogen and oxygen atoms in total. The third-order valence-electron chi connectivity index (χ3n) is 4.32. The van der Waals surface area contributed by atoms with Crippen LogP contribution in [0, 0.1) is 0 Å². The molecular weight excluding hydrogens is 352 g/mol. The number of hydrogen-bond donors (Lipinski definition) is 1. The first-order valence-electron chi connectivity index (χ1n) is 8.67. The minimum absolute atomic E-state index is 0.0278. The zero-order valence-electron chi connectivity index (χ0n) is 14.9. The van der Waals surface area contributed by atoms with Gasteiger partial charge in [0.2, 0.25) is 16.9 Å². The van der Waals surface area contributed by atoms with Crippen molar-refractivity contribution in [2.75, 3.05) is 12.4 Å². The summed E-state index contributed by atoms with van der Waals surface area (Å²) in [5.74, 6) is 0.463. The Labute approximate surface area is 156 Å². The van der Waals surface area contributed by atoms with Crippen molar-refractivity contribution in [3.8, 4) is 5.75 Å². The number of carbonyl (C=O) groups is 2. The number of ether oxygens (including phenoxy) is 1. The highest BCUT2D eigenvalue weighted by molar-refractivity contribution is 7.15. The van der Waals surface area contributed by atoms with E-state index >= 15 is 0 Å². The van der Waals surface area contributed by atoms with Gasteiger partial charge in [-0.05, 0) is 18.9 Å². The van der Waals surface area contributed by atoms with E-state index in [1.165, 1.54) is 11.3 Å². The Morgan fingerprint density at radius 1 is 1.38 bits per heavy atom. The summed E-state index contributed by atoms with van der Waals surface area (Å²) in [7, 11) is 1.60. The van der Waals surface area contributed by atoms with Gasteiger partial charge in [0.25, 0.3) is 0 Å². The van der Waals surface area contributed by atoms with Crippen LogP contribution in [0.15, 0.2) is 24.3 Å².